The molecule has 1 aromatic rings. The van der Waals surface area contributed by atoms with E-state index in [1.165, 1.54) is 19.2 Å². The van der Waals surface area contributed by atoms with Crippen molar-refractivity contribution >= 4 is 17.8 Å². The van der Waals surface area contributed by atoms with E-state index in [2.05, 4.69) is 4.98 Å². The van der Waals surface area contributed by atoms with Crippen molar-refractivity contribution in [3.63, 3.8) is 0 Å². The molecule has 0 bridgehead atoms. The summed E-state index contributed by atoms with van der Waals surface area (Å²) in [6, 6.07) is 1.43. The topological polar surface area (TPSA) is 73.0 Å². The Morgan fingerprint density at radius 1 is 1.67 bits per heavy atom. The standard InChI is InChI=1S/C8H8N2O2/c1-5(12)8-7(9)2-6(4-11)3-10-8/h2-4H,9H2,1H3. The number of carbonyl (C=O) groups is 2. The van der Waals surface area contributed by atoms with Crippen LogP contribution in [0.1, 0.15) is 27.8 Å². The van der Waals surface area contributed by atoms with Crippen LogP contribution in [0.15, 0.2) is 12.3 Å². The summed E-state index contributed by atoms with van der Waals surface area (Å²) >= 11 is 0. The molecule has 0 aliphatic rings. The van der Waals surface area contributed by atoms with Crippen LogP contribution in [-0.4, -0.2) is 17.1 Å². The Kier molecular flexibility index (Phi) is 2.19. The molecule has 0 saturated heterocycles. The molecule has 1 heterocycles. The molecule has 1 rings (SSSR count). The van der Waals surface area contributed by atoms with E-state index in [0.717, 1.165) is 0 Å². The van der Waals surface area contributed by atoms with Gasteiger partial charge >= 0.3 is 0 Å². The Balaban J connectivity index is 3.20. The minimum atomic E-state index is -0.204. The smallest absolute Gasteiger partial charge is 0.180 e. The van der Waals surface area contributed by atoms with Gasteiger partial charge < -0.3 is 5.73 Å². The highest BCUT2D eigenvalue weighted by Gasteiger charge is 2.05. The first-order chi connectivity index (χ1) is 5.65. The maximum Gasteiger partial charge on any atom is 0.180 e. The number of nitrogens with zero attached hydrogens (tertiary/aromatic N) is 1. The van der Waals surface area contributed by atoms with Gasteiger partial charge in [-0.3, -0.25) is 14.6 Å². The average Bonchev–Trinajstić information content (AvgIpc) is 2.03. The molecule has 12 heavy (non-hydrogen) atoms. The molecular weight excluding hydrogens is 156 g/mol. The SMILES string of the molecule is CC(=O)c1ncc(C=O)cc1N. The van der Waals surface area contributed by atoms with Crippen LogP contribution < -0.4 is 5.73 Å². The van der Waals surface area contributed by atoms with Gasteiger partial charge in [0.2, 0.25) is 0 Å². The molecule has 0 fully saturated rings. The van der Waals surface area contributed by atoms with Crippen LogP contribution in [0.4, 0.5) is 5.69 Å². The van der Waals surface area contributed by atoms with E-state index in [4.69, 9.17) is 5.73 Å². The third-order valence-electron chi connectivity index (χ3n) is 1.41. The molecule has 0 atom stereocenters. The first kappa shape index (κ1) is 8.39. The maximum absolute atomic E-state index is 10.8. The molecule has 0 amide bonds. The molecule has 0 saturated carbocycles. The number of aromatic nitrogens is 1. The molecule has 4 heteroatoms. The summed E-state index contributed by atoms with van der Waals surface area (Å²) in [5, 5.41) is 0. The molecule has 0 unspecified atom stereocenters. The zero-order valence-corrected chi connectivity index (χ0v) is 6.57. The Morgan fingerprint density at radius 2 is 2.33 bits per heavy atom. The highest BCUT2D eigenvalue weighted by Crippen LogP contribution is 2.09. The van der Waals surface area contributed by atoms with Crippen LogP contribution in [0.2, 0.25) is 0 Å². The van der Waals surface area contributed by atoms with Crippen LogP contribution in [0.3, 0.4) is 0 Å². The summed E-state index contributed by atoms with van der Waals surface area (Å²) in [5.41, 5.74) is 6.28. The number of anilines is 1. The van der Waals surface area contributed by atoms with Gasteiger partial charge in [0, 0.05) is 18.7 Å². The molecular formula is C8H8N2O2. The van der Waals surface area contributed by atoms with Crippen molar-refractivity contribution < 1.29 is 9.59 Å². The number of ketones is 1. The normalized spacial score (nSPS) is 9.42. The summed E-state index contributed by atoms with van der Waals surface area (Å²) < 4.78 is 0. The molecule has 4 nitrogen and oxygen atoms in total. The number of nitrogen functional groups attached to an aromatic ring is 1. The second-order valence-corrected chi connectivity index (χ2v) is 2.38. The van der Waals surface area contributed by atoms with Crippen LogP contribution >= 0.6 is 0 Å². The van der Waals surface area contributed by atoms with E-state index < -0.39 is 0 Å². The molecule has 2 N–H and O–H groups in total. The van der Waals surface area contributed by atoms with Crippen molar-refractivity contribution in [1.82, 2.24) is 4.98 Å². The Hall–Kier alpha value is -1.71. The van der Waals surface area contributed by atoms with Crippen LogP contribution in [0.5, 0.6) is 0 Å². The summed E-state index contributed by atoms with van der Waals surface area (Å²) in [4.78, 5) is 24.8. The highest BCUT2D eigenvalue weighted by atomic mass is 16.1. The summed E-state index contributed by atoms with van der Waals surface area (Å²) in [6.45, 7) is 1.37. The number of pyridine rings is 1. The molecule has 1 aromatic heterocycles. The minimum absolute atomic E-state index is 0.204. The van der Waals surface area contributed by atoms with Gasteiger partial charge in [-0.1, -0.05) is 0 Å². The number of carbonyl (C=O) groups excluding carboxylic acids is 2. The predicted octanol–water partition coefficient (Wildman–Crippen LogP) is 0.679. The fourth-order valence-electron chi connectivity index (χ4n) is 0.857. The van der Waals surface area contributed by atoms with Crippen LogP contribution in [0, 0.1) is 0 Å². The van der Waals surface area contributed by atoms with E-state index in [1.807, 2.05) is 0 Å². The van der Waals surface area contributed by atoms with Gasteiger partial charge in [-0.25, -0.2) is 0 Å². The van der Waals surface area contributed by atoms with E-state index in [-0.39, 0.29) is 17.2 Å². The van der Waals surface area contributed by atoms with Crippen molar-refractivity contribution in [2.24, 2.45) is 0 Å². The lowest BCUT2D eigenvalue weighted by atomic mass is 10.2. The molecule has 0 spiro atoms. The number of nitrogens with two attached hydrogens (primary N) is 1. The third kappa shape index (κ3) is 1.47. The summed E-state index contributed by atoms with van der Waals surface area (Å²) in [7, 11) is 0. The van der Waals surface area contributed by atoms with Gasteiger partial charge in [-0.05, 0) is 6.07 Å². The van der Waals surface area contributed by atoms with Gasteiger partial charge in [0.25, 0.3) is 0 Å². The summed E-state index contributed by atoms with van der Waals surface area (Å²) in [5.74, 6) is -0.204. The highest BCUT2D eigenvalue weighted by molar-refractivity contribution is 5.97. The maximum atomic E-state index is 10.8. The lowest BCUT2D eigenvalue weighted by molar-refractivity contribution is 0.101. The van der Waals surface area contributed by atoms with Crippen molar-refractivity contribution in [1.29, 1.82) is 0 Å². The Labute approximate surface area is 69.4 Å². The molecule has 0 aliphatic carbocycles. The van der Waals surface area contributed by atoms with Crippen molar-refractivity contribution in [2.75, 3.05) is 5.73 Å². The largest absolute Gasteiger partial charge is 0.397 e. The predicted molar refractivity (Wildman–Crippen MR) is 44.0 cm³/mol. The van der Waals surface area contributed by atoms with E-state index in [9.17, 15) is 9.59 Å². The molecule has 62 valence electrons. The van der Waals surface area contributed by atoms with Gasteiger partial charge in [-0.2, -0.15) is 0 Å². The Morgan fingerprint density at radius 3 is 2.75 bits per heavy atom. The fraction of sp³-hybridized carbons (Fsp3) is 0.125. The second-order valence-electron chi connectivity index (χ2n) is 2.38. The zero-order chi connectivity index (χ0) is 9.14. The quantitative estimate of drug-likeness (QED) is 0.515. The van der Waals surface area contributed by atoms with Crippen molar-refractivity contribution in [2.45, 2.75) is 6.92 Å². The van der Waals surface area contributed by atoms with Gasteiger partial charge in [0.15, 0.2) is 12.1 Å². The van der Waals surface area contributed by atoms with Gasteiger partial charge in [0.1, 0.15) is 5.69 Å². The minimum Gasteiger partial charge on any atom is -0.397 e. The first-order valence-corrected chi connectivity index (χ1v) is 3.37. The third-order valence-corrected chi connectivity index (χ3v) is 1.41. The average molecular weight is 164 g/mol. The van der Waals surface area contributed by atoms with E-state index in [1.54, 1.807) is 0 Å². The molecule has 0 radical (unpaired) electrons. The summed E-state index contributed by atoms with van der Waals surface area (Å²) in [6.07, 6.45) is 1.95. The number of hydrogen-bond acceptors (Lipinski definition) is 4. The number of hydrogen-bond donors (Lipinski definition) is 1. The lowest BCUT2D eigenvalue weighted by Gasteiger charge is -1.99. The van der Waals surface area contributed by atoms with Crippen LogP contribution in [-0.2, 0) is 0 Å². The number of Topliss-reactive ketones (excluding diaryl/α,β-unsaturated/α-hetero) is 1. The number of rotatable bonds is 2. The Bertz CT molecular complexity index is 334. The van der Waals surface area contributed by atoms with Crippen molar-refractivity contribution in [3.8, 4) is 0 Å². The lowest BCUT2D eigenvalue weighted by Crippen LogP contribution is -2.03. The van der Waals surface area contributed by atoms with E-state index >= 15 is 0 Å². The van der Waals surface area contributed by atoms with E-state index in [0.29, 0.717) is 11.8 Å². The molecule has 0 aromatic carbocycles. The zero-order valence-electron chi connectivity index (χ0n) is 6.57. The number of aldehydes is 1. The van der Waals surface area contributed by atoms with Crippen molar-refractivity contribution in [3.05, 3.63) is 23.5 Å². The molecule has 0 aliphatic heterocycles. The monoisotopic (exact) mass is 164 g/mol. The fourth-order valence-corrected chi connectivity index (χ4v) is 0.857. The first-order valence-electron chi connectivity index (χ1n) is 3.37. The second kappa shape index (κ2) is 3.13. The van der Waals surface area contributed by atoms with Gasteiger partial charge in [0.05, 0.1) is 5.69 Å². The van der Waals surface area contributed by atoms with Gasteiger partial charge in [-0.15, -0.1) is 0 Å². The van der Waals surface area contributed by atoms with Crippen LogP contribution in [0.25, 0.3) is 0 Å².